The molecule has 0 saturated carbocycles. The third-order valence-corrected chi connectivity index (χ3v) is 2.95. The maximum Gasteiger partial charge on any atom is 0.139 e. The van der Waals surface area contributed by atoms with Crippen LogP contribution in [0.1, 0.15) is 25.6 Å². The van der Waals surface area contributed by atoms with Crippen LogP contribution in [0.15, 0.2) is 16.6 Å². The maximum absolute atomic E-state index is 13.2. The number of aromatic amines is 1. The van der Waals surface area contributed by atoms with Crippen molar-refractivity contribution < 1.29 is 4.39 Å². The van der Waals surface area contributed by atoms with Crippen LogP contribution in [0.25, 0.3) is 11.0 Å². The predicted molar refractivity (Wildman–Crippen MR) is 62.4 cm³/mol. The average Bonchev–Trinajstić information content (AvgIpc) is 2.58. The van der Waals surface area contributed by atoms with Crippen molar-refractivity contribution in [3.8, 4) is 0 Å². The van der Waals surface area contributed by atoms with E-state index in [4.69, 9.17) is 0 Å². The lowest BCUT2D eigenvalue weighted by Crippen LogP contribution is -1.86. The number of rotatable bonds is 3. The van der Waals surface area contributed by atoms with Crippen molar-refractivity contribution in [1.82, 2.24) is 9.97 Å². The lowest BCUT2D eigenvalue weighted by molar-refractivity contribution is 0.623. The van der Waals surface area contributed by atoms with Gasteiger partial charge in [0.05, 0.1) is 15.5 Å². The molecule has 0 atom stereocenters. The molecule has 0 spiro atoms. The minimum atomic E-state index is -0.256. The van der Waals surface area contributed by atoms with Gasteiger partial charge in [0.1, 0.15) is 11.6 Å². The minimum Gasteiger partial charge on any atom is -0.342 e. The number of aryl methyl sites for hydroxylation is 1. The smallest absolute Gasteiger partial charge is 0.139 e. The van der Waals surface area contributed by atoms with E-state index in [1.165, 1.54) is 6.07 Å². The first-order valence-electron chi connectivity index (χ1n) is 5.04. The fraction of sp³-hybridized carbons (Fsp3) is 0.364. The van der Waals surface area contributed by atoms with E-state index in [1.807, 2.05) is 0 Å². The Hall–Kier alpha value is -0.900. The van der Waals surface area contributed by atoms with E-state index in [0.717, 1.165) is 36.1 Å². The van der Waals surface area contributed by atoms with Crippen molar-refractivity contribution in [2.75, 3.05) is 0 Å². The molecule has 0 aliphatic heterocycles. The van der Waals surface area contributed by atoms with Gasteiger partial charge in [-0.25, -0.2) is 9.37 Å². The third kappa shape index (κ3) is 2.20. The molecular weight excluding hydrogens is 259 g/mol. The van der Waals surface area contributed by atoms with Crippen molar-refractivity contribution in [2.24, 2.45) is 0 Å². The first-order valence-corrected chi connectivity index (χ1v) is 5.83. The number of hydrogen-bond donors (Lipinski definition) is 1. The van der Waals surface area contributed by atoms with Gasteiger partial charge in [-0.2, -0.15) is 0 Å². The molecule has 0 bridgehead atoms. The van der Waals surface area contributed by atoms with E-state index in [1.54, 1.807) is 6.07 Å². The molecule has 80 valence electrons. The Labute approximate surface area is 96.0 Å². The first-order chi connectivity index (χ1) is 7.20. The van der Waals surface area contributed by atoms with E-state index in [-0.39, 0.29) is 5.82 Å². The zero-order valence-corrected chi connectivity index (χ0v) is 10.1. The molecule has 0 aliphatic rings. The van der Waals surface area contributed by atoms with Crippen molar-refractivity contribution in [1.29, 1.82) is 0 Å². The van der Waals surface area contributed by atoms with Gasteiger partial charge in [-0.15, -0.1) is 0 Å². The molecule has 0 fully saturated rings. The molecule has 0 amide bonds. The Bertz CT molecular complexity index is 440. The number of hydrogen-bond acceptors (Lipinski definition) is 1. The number of nitrogens with zero attached hydrogens (tertiary/aromatic N) is 1. The number of imidazole rings is 1. The van der Waals surface area contributed by atoms with E-state index in [2.05, 4.69) is 32.8 Å². The summed E-state index contributed by atoms with van der Waals surface area (Å²) in [5.41, 5.74) is 1.58. The fourth-order valence-corrected chi connectivity index (χ4v) is 1.85. The first kappa shape index (κ1) is 10.6. The van der Waals surface area contributed by atoms with Crippen molar-refractivity contribution in [3.63, 3.8) is 0 Å². The number of unbranched alkanes of at least 4 members (excludes halogenated alkanes) is 1. The molecule has 0 saturated heterocycles. The molecule has 1 aromatic heterocycles. The topological polar surface area (TPSA) is 28.7 Å². The van der Waals surface area contributed by atoms with Crippen molar-refractivity contribution in [2.45, 2.75) is 26.2 Å². The van der Waals surface area contributed by atoms with Crippen molar-refractivity contribution in [3.05, 3.63) is 28.2 Å². The summed E-state index contributed by atoms with van der Waals surface area (Å²) in [4.78, 5) is 7.53. The molecule has 2 rings (SSSR count). The van der Waals surface area contributed by atoms with Crippen LogP contribution in [0.2, 0.25) is 0 Å². The number of nitrogens with one attached hydrogen (secondary N) is 1. The largest absolute Gasteiger partial charge is 0.342 e. The van der Waals surface area contributed by atoms with Crippen LogP contribution in [-0.4, -0.2) is 9.97 Å². The van der Waals surface area contributed by atoms with Gasteiger partial charge in [0.15, 0.2) is 0 Å². The zero-order chi connectivity index (χ0) is 10.8. The molecule has 2 aromatic rings. The highest BCUT2D eigenvalue weighted by Gasteiger charge is 2.06. The van der Waals surface area contributed by atoms with Crippen LogP contribution < -0.4 is 0 Å². The third-order valence-electron chi connectivity index (χ3n) is 2.34. The Kier molecular flexibility index (Phi) is 3.05. The summed E-state index contributed by atoms with van der Waals surface area (Å²) < 4.78 is 13.7. The minimum absolute atomic E-state index is 0.256. The van der Waals surface area contributed by atoms with Gasteiger partial charge in [-0.3, -0.25) is 0 Å². The Balaban J connectivity index is 2.38. The van der Waals surface area contributed by atoms with Gasteiger partial charge in [0.25, 0.3) is 0 Å². The Morgan fingerprint density at radius 3 is 3.00 bits per heavy atom. The quantitative estimate of drug-likeness (QED) is 0.903. The van der Waals surface area contributed by atoms with Crippen molar-refractivity contribution >= 4 is 27.0 Å². The van der Waals surface area contributed by atoms with Crippen LogP contribution in [0.3, 0.4) is 0 Å². The molecule has 1 N–H and O–H groups in total. The van der Waals surface area contributed by atoms with E-state index in [9.17, 15) is 4.39 Å². The number of fused-ring (bicyclic) bond motifs is 1. The van der Waals surface area contributed by atoms with Gasteiger partial charge >= 0.3 is 0 Å². The van der Waals surface area contributed by atoms with E-state index in [0.29, 0.717) is 4.47 Å². The Morgan fingerprint density at radius 1 is 1.47 bits per heavy atom. The highest BCUT2D eigenvalue weighted by atomic mass is 79.9. The fourth-order valence-electron chi connectivity index (χ4n) is 1.52. The molecule has 0 unspecified atom stereocenters. The van der Waals surface area contributed by atoms with Crippen LogP contribution in [0, 0.1) is 5.82 Å². The summed E-state index contributed by atoms with van der Waals surface area (Å²) in [5.74, 6) is 0.678. The number of halogens is 2. The number of aromatic nitrogens is 2. The van der Waals surface area contributed by atoms with Crippen LogP contribution >= 0.6 is 15.9 Å². The maximum atomic E-state index is 13.2. The number of benzene rings is 1. The van der Waals surface area contributed by atoms with Crippen LogP contribution in [0.5, 0.6) is 0 Å². The highest BCUT2D eigenvalue weighted by molar-refractivity contribution is 9.10. The molecule has 1 heterocycles. The van der Waals surface area contributed by atoms with Gasteiger partial charge < -0.3 is 4.98 Å². The summed E-state index contributed by atoms with van der Waals surface area (Å²) in [7, 11) is 0. The molecule has 0 radical (unpaired) electrons. The highest BCUT2D eigenvalue weighted by Crippen LogP contribution is 2.22. The summed E-state index contributed by atoms with van der Waals surface area (Å²) >= 11 is 3.15. The Morgan fingerprint density at radius 2 is 2.27 bits per heavy atom. The lowest BCUT2D eigenvalue weighted by atomic mass is 10.2. The van der Waals surface area contributed by atoms with E-state index < -0.39 is 0 Å². The molecule has 0 aliphatic carbocycles. The van der Waals surface area contributed by atoms with E-state index >= 15 is 0 Å². The molecule has 15 heavy (non-hydrogen) atoms. The van der Waals surface area contributed by atoms with Crippen LogP contribution in [0.4, 0.5) is 4.39 Å². The summed E-state index contributed by atoms with van der Waals surface area (Å²) in [6.07, 6.45) is 3.16. The zero-order valence-electron chi connectivity index (χ0n) is 8.48. The van der Waals surface area contributed by atoms with Gasteiger partial charge in [0, 0.05) is 12.5 Å². The second-order valence-electron chi connectivity index (χ2n) is 3.57. The molecular formula is C11H12BrFN2. The molecule has 1 aromatic carbocycles. The predicted octanol–water partition coefficient (Wildman–Crippen LogP) is 3.81. The summed E-state index contributed by atoms with van der Waals surface area (Å²) in [6, 6.07) is 3.18. The second kappa shape index (κ2) is 4.31. The monoisotopic (exact) mass is 270 g/mol. The summed E-state index contributed by atoms with van der Waals surface area (Å²) in [6.45, 7) is 2.14. The SMILES string of the molecule is CCCCc1nc2cc(Br)c(F)cc2[nH]1. The molecule has 4 heteroatoms. The standard InChI is InChI=1S/C11H12BrFN2/c1-2-3-4-11-14-9-5-7(12)8(13)6-10(9)15-11/h5-6H,2-4H2,1H3,(H,14,15). The average molecular weight is 271 g/mol. The second-order valence-corrected chi connectivity index (χ2v) is 4.42. The van der Waals surface area contributed by atoms with Gasteiger partial charge in [0.2, 0.25) is 0 Å². The number of H-pyrrole nitrogens is 1. The summed E-state index contributed by atoms with van der Waals surface area (Å²) in [5, 5.41) is 0. The van der Waals surface area contributed by atoms with Gasteiger partial charge in [-0.05, 0) is 28.4 Å². The molecule has 2 nitrogen and oxygen atoms in total. The lowest BCUT2D eigenvalue weighted by Gasteiger charge is -1.92. The van der Waals surface area contributed by atoms with Crippen LogP contribution in [-0.2, 0) is 6.42 Å². The normalized spacial score (nSPS) is 11.1. The van der Waals surface area contributed by atoms with Gasteiger partial charge in [-0.1, -0.05) is 13.3 Å².